The summed E-state index contributed by atoms with van der Waals surface area (Å²) >= 11 is 0. The lowest BCUT2D eigenvalue weighted by atomic mass is 10.00. The molecular weight excluding hydrogens is 138 g/mol. The molecule has 10 heavy (non-hydrogen) atoms. The molecule has 1 N–H and O–H groups in total. The van der Waals surface area contributed by atoms with Crippen LogP contribution in [0.4, 0.5) is 8.78 Å². The van der Waals surface area contributed by atoms with Crippen molar-refractivity contribution >= 4 is 0 Å². The maximum absolute atomic E-state index is 12.3. The molecule has 1 saturated carbocycles. The summed E-state index contributed by atoms with van der Waals surface area (Å²) in [6.45, 7) is 0.819. The van der Waals surface area contributed by atoms with Crippen molar-refractivity contribution in [2.75, 3.05) is 6.61 Å². The zero-order valence-electron chi connectivity index (χ0n) is 6.03. The molecule has 0 atom stereocenters. The molecular formula is C7H12F2O. The van der Waals surface area contributed by atoms with Crippen molar-refractivity contribution in [2.45, 2.75) is 32.1 Å². The van der Waals surface area contributed by atoms with E-state index in [1.54, 1.807) is 0 Å². The zero-order valence-corrected chi connectivity index (χ0v) is 6.03. The third-order valence-corrected chi connectivity index (χ3v) is 1.98. The number of hydrogen-bond donors (Lipinski definition) is 1. The molecule has 0 saturated heterocycles. The first-order valence-corrected chi connectivity index (χ1v) is 3.46. The van der Waals surface area contributed by atoms with Gasteiger partial charge in [0.2, 0.25) is 5.92 Å². The van der Waals surface area contributed by atoms with Gasteiger partial charge in [-0.25, -0.2) is 8.78 Å². The minimum Gasteiger partial charge on any atom is -0.396 e. The molecule has 0 heterocycles. The minimum atomic E-state index is -2.61. The van der Waals surface area contributed by atoms with Crippen LogP contribution in [0.5, 0.6) is 0 Å². The van der Waals surface area contributed by atoms with Crippen LogP contribution in [0, 0.1) is 5.41 Å². The van der Waals surface area contributed by atoms with E-state index >= 15 is 0 Å². The molecule has 0 aromatic carbocycles. The lowest BCUT2D eigenvalue weighted by Crippen LogP contribution is -2.20. The number of hydrogen-bond acceptors (Lipinski definition) is 1. The quantitative estimate of drug-likeness (QED) is 0.650. The van der Waals surface area contributed by atoms with Gasteiger partial charge >= 0.3 is 0 Å². The molecule has 0 aromatic rings. The van der Waals surface area contributed by atoms with E-state index in [1.807, 2.05) is 0 Å². The standard InChI is InChI=1S/C7H12F2O/c1-6(8,9)4-7(5-10)2-3-7/h10H,2-5H2,1H3. The Balaban J connectivity index is 2.38. The lowest BCUT2D eigenvalue weighted by Gasteiger charge is -2.16. The number of halogens is 2. The van der Waals surface area contributed by atoms with Gasteiger partial charge in [0.25, 0.3) is 0 Å². The highest BCUT2D eigenvalue weighted by atomic mass is 19.3. The van der Waals surface area contributed by atoms with Gasteiger partial charge in [0.05, 0.1) is 0 Å². The Hall–Kier alpha value is -0.180. The van der Waals surface area contributed by atoms with Gasteiger partial charge in [-0.1, -0.05) is 0 Å². The highest BCUT2D eigenvalue weighted by Crippen LogP contribution is 2.51. The Morgan fingerprint density at radius 3 is 2.10 bits per heavy atom. The molecule has 0 amide bonds. The van der Waals surface area contributed by atoms with E-state index in [4.69, 9.17) is 5.11 Å². The number of aliphatic hydroxyl groups is 1. The van der Waals surface area contributed by atoms with Gasteiger partial charge in [-0.3, -0.25) is 0 Å². The van der Waals surface area contributed by atoms with E-state index < -0.39 is 11.3 Å². The molecule has 60 valence electrons. The molecule has 0 aromatic heterocycles. The molecule has 0 unspecified atom stereocenters. The van der Waals surface area contributed by atoms with Gasteiger partial charge < -0.3 is 5.11 Å². The number of alkyl halides is 2. The van der Waals surface area contributed by atoms with Crippen LogP contribution in [-0.2, 0) is 0 Å². The largest absolute Gasteiger partial charge is 0.396 e. The van der Waals surface area contributed by atoms with E-state index in [9.17, 15) is 8.78 Å². The summed E-state index contributed by atoms with van der Waals surface area (Å²) in [7, 11) is 0. The van der Waals surface area contributed by atoms with Crippen molar-refractivity contribution in [2.24, 2.45) is 5.41 Å². The van der Waals surface area contributed by atoms with Crippen LogP contribution < -0.4 is 0 Å². The summed E-state index contributed by atoms with van der Waals surface area (Å²) in [5.74, 6) is -2.61. The van der Waals surface area contributed by atoms with Gasteiger partial charge in [0.15, 0.2) is 0 Å². The fourth-order valence-electron chi connectivity index (χ4n) is 1.23. The van der Waals surface area contributed by atoms with Gasteiger partial charge in [-0.15, -0.1) is 0 Å². The van der Waals surface area contributed by atoms with E-state index in [2.05, 4.69) is 0 Å². The monoisotopic (exact) mass is 150 g/mol. The predicted octanol–water partition coefficient (Wildman–Crippen LogP) is 1.80. The normalized spacial score (nSPS) is 22.8. The Morgan fingerprint density at radius 2 is 2.00 bits per heavy atom. The van der Waals surface area contributed by atoms with Crippen molar-refractivity contribution in [3.05, 3.63) is 0 Å². The number of aliphatic hydroxyl groups excluding tert-OH is 1. The van der Waals surface area contributed by atoms with Crippen molar-refractivity contribution in [1.29, 1.82) is 0 Å². The molecule has 1 fully saturated rings. The molecule has 0 radical (unpaired) electrons. The van der Waals surface area contributed by atoms with Crippen LogP contribution in [-0.4, -0.2) is 17.6 Å². The summed E-state index contributed by atoms with van der Waals surface area (Å²) in [5.41, 5.74) is -0.418. The first-order chi connectivity index (χ1) is 4.47. The van der Waals surface area contributed by atoms with Gasteiger partial charge in [-0.05, 0) is 25.2 Å². The smallest absolute Gasteiger partial charge is 0.246 e. The second-order valence-corrected chi connectivity index (χ2v) is 3.41. The van der Waals surface area contributed by atoms with Crippen LogP contribution in [0.25, 0.3) is 0 Å². The molecule has 1 aliphatic carbocycles. The van der Waals surface area contributed by atoms with Crippen LogP contribution in [0.3, 0.4) is 0 Å². The maximum atomic E-state index is 12.3. The SMILES string of the molecule is CC(F)(F)CC1(CO)CC1. The summed E-state index contributed by atoms with van der Waals surface area (Å²) in [4.78, 5) is 0. The summed E-state index contributed by atoms with van der Waals surface area (Å²) in [6, 6.07) is 0. The van der Waals surface area contributed by atoms with Gasteiger partial charge in [0.1, 0.15) is 0 Å². The molecule has 3 heteroatoms. The summed E-state index contributed by atoms with van der Waals surface area (Å²) in [5, 5.41) is 8.69. The van der Waals surface area contributed by atoms with Crippen molar-refractivity contribution < 1.29 is 13.9 Å². The van der Waals surface area contributed by atoms with Crippen LogP contribution in [0.2, 0.25) is 0 Å². The van der Waals surface area contributed by atoms with Crippen molar-refractivity contribution in [3.8, 4) is 0 Å². The second kappa shape index (κ2) is 2.16. The molecule has 1 rings (SSSR count). The fraction of sp³-hybridized carbons (Fsp3) is 1.00. The summed E-state index contributed by atoms with van der Waals surface area (Å²) in [6.07, 6.45) is 1.36. The molecule has 0 bridgehead atoms. The first kappa shape index (κ1) is 7.92. The van der Waals surface area contributed by atoms with Crippen LogP contribution in [0.1, 0.15) is 26.2 Å². The Bertz CT molecular complexity index is 124. The highest BCUT2D eigenvalue weighted by Gasteiger charge is 2.47. The van der Waals surface area contributed by atoms with E-state index in [0.717, 1.165) is 19.8 Å². The molecule has 1 aliphatic rings. The number of rotatable bonds is 3. The van der Waals surface area contributed by atoms with Gasteiger partial charge in [0, 0.05) is 13.0 Å². The molecule has 0 aliphatic heterocycles. The van der Waals surface area contributed by atoms with Crippen LogP contribution >= 0.6 is 0 Å². The average Bonchev–Trinajstić information content (AvgIpc) is 2.45. The highest BCUT2D eigenvalue weighted by molar-refractivity contribution is 4.95. The van der Waals surface area contributed by atoms with E-state index in [1.165, 1.54) is 0 Å². The third kappa shape index (κ3) is 1.90. The van der Waals surface area contributed by atoms with Crippen molar-refractivity contribution in [3.63, 3.8) is 0 Å². The lowest BCUT2D eigenvalue weighted by molar-refractivity contribution is -0.0178. The first-order valence-electron chi connectivity index (χ1n) is 3.46. The minimum absolute atomic E-state index is 0.0869. The Kier molecular flexibility index (Phi) is 1.71. The molecule has 1 nitrogen and oxygen atoms in total. The van der Waals surface area contributed by atoms with E-state index in [-0.39, 0.29) is 13.0 Å². The van der Waals surface area contributed by atoms with E-state index in [0.29, 0.717) is 0 Å². The third-order valence-electron chi connectivity index (χ3n) is 1.98. The average molecular weight is 150 g/mol. The van der Waals surface area contributed by atoms with Crippen molar-refractivity contribution in [1.82, 2.24) is 0 Å². The van der Waals surface area contributed by atoms with Gasteiger partial charge in [-0.2, -0.15) is 0 Å². The second-order valence-electron chi connectivity index (χ2n) is 3.41. The fourth-order valence-corrected chi connectivity index (χ4v) is 1.23. The zero-order chi connectivity index (χ0) is 7.83. The topological polar surface area (TPSA) is 20.2 Å². The summed E-state index contributed by atoms with van der Waals surface area (Å²) < 4.78 is 24.7. The Labute approximate surface area is 59.0 Å². The Morgan fingerprint density at radius 1 is 1.50 bits per heavy atom. The molecule has 0 spiro atoms. The van der Waals surface area contributed by atoms with Crippen LogP contribution in [0.15, 0.2) is 0 Å². The maximum Gasteiger partial charge on any atom is 0.246 e. The predicted molar refractivity (Wildman–Crippen MR) is 34.0 cm³/mol.